The van der Waals surface area contributed by atoms with Gasteiger partial charge in [-0.05, 0) is 27.2 Å². The number of carbonyl (C=O) groups is 1. The number of aromatic nitrogens is 2. The summed E-state index contributed by atoms with van der Waals surface area (Å²) in [5, 5.41) is 7.83. The maximum Gasteiger partial charge on any atom is 0.410 e. The number of hydrogen-bond donors (Lipinski definition) is 1. The minimum Gasteiger partial charge on any atom is -0.444 e. The Morgan fingerprint density at radius 1 is 1.50 bits per heavy atom. The van der Waals surface area contributed by atoms with Crippen LogP contribution < -0.4 is 5.32 Å². The van der Waals surface area contributed by atoms with Crippen LogP contribution >= 0.6 is 0 Å². The normalized spacial score (nSPS) is 15.9. The average molecular weight is 280 g/mol. The SMILES string of the molecule is CCc1nn(C)cc1NC1CN(C(=O)OC(C)(C)C)C1. The molecule has 1 aliphatic heterocycles. The first-order valence-corrected chi connectivity index (χ1v) is 7.05. The van der Waals surface area contributed by atoms with Gasteiger partial charge in [0, 0.05) is 26.3 Å². The standard InChI is InChI=1S/C14H24N4O2/c1-6-11-12(9-17(5)16-11)15-10-7-18(8-10)13(19)20-14(2,3)4/h9-10,15H,6-8H2,1-5H3. The van der Waals surface area contributed by atoms with E-state index in [-0.39, 0.29) is 12.1 Å². The Bertz CT molecular complexity index is 484. The highest BCUT2D eigenvalue weighted by Crippen LogP contribution is 2.20. The molecule has 1 saturated heterocycles. The van der Waals surface area contributed by atoms with E-state index in [0.29, 0.717) is 13.1 Å². The molecule has 2 rings (SSSR count). The molecule has 2 heterocycles. The molecule has 6 nitrogen and oxygen atoms in total. The second-order valence-electron chi connectivity index (χ2n) is 6.24. The van der Waals surface area contributed by atoms with Crippen LogP contribution in [-0.4, -0.2) is 45.5 Å². The van der Waals surface area contributed by atoms with Gasteiger partial charge >= 0.3 is 6.09 Å². The van der Waals surface area contributed by atoms with Gasteiger partial charge in [-0.15, -0.1) is 0 Å². The lowest BCUT2D eigenvalue weighted by atomic mass is 10.1. The molecule has 0 spiro atoms. The molecule has 0 radical (unpaired) electrons. The first kappa shape index (κ1) is 14.7. The van der Waals surface area contributed by atoms with Gasteiger partial charge in [-0.3, -0.25) is 4.68 Å². The van der Waals surface area contributed by atoms with Gasteiger partial charge in [-0.1, -0.05) is 6.92 Å². The lowest BCUT2D eigenvalue weighted by Gasteiger charge is -2.40. The molecule has 1 amide bonds. The first-order valence-electron chi connectivity index (χ1n) is 7.05. The highest BCUT2D eigenvalue weighted by molar-refractivity contribution is 5.69. The predicted octanol–water partition coefficient (Wildman–Crippen LogP) is 2.01. The van der Waals surface area contributed by atoms with Crippen LogP contribution in [0.15, 0.2) is 6.20 Å². The molecule has 20 heavy (non-hydrogen) atoms. The van der Waals surface area contributed by atoms with Crippen LogP contribution in [0.2, 0.25) is 0 Å². The molecule has 1 N–H and O–H groups in total. The fraction of sp³-hybridized carbons (Fsp3) is 0.714. The predicted molar refractivity (Wildman–Crippen MR) is 77.8 cm³/mol. The van der Waals surface area contributed by atoms with Gasteiger partial charge < -0.3 is 15.0 Å². The van der Waals surface area contributed by atoms with Crippen LogP contribution in [0.3, 0.4) is 0 Å². The van der Waals surface area contributed by atoms with Crippen LogP contribution in [0.4, 0.5) is 10.5 Å². The Morgan fingerprint density at radius 2 is 2.15 bits per heavy atom. The average Bonchev–Trinajstić information content (AvgIpc) is 2.60. The summed E-state index contributed by atoms with van der Waals surface area (Å²) in [6, 6.07) is 0.275. The van der Waals surface area contributed by atoms with Crippen LogP contribution in [0, 0.1) is 0 Å². The number of nitrogens with one attached hydrogen (secondary N) is 1. The smallest absolute Gasteiger partial charge is 0.410 e. The molecule has 1 fully saturated rings. The second-order valence-corrected chi connectivity index (χ2v) is 6.24. The van der Waals surface area contributed by atoms with E-state index in [0.717, 1.165) is 17.8 Å². The fourth-order valence-electron chi connectivity index (χ4n) is 2.18. The number of hydrogen-bond acceptors (Lipinski definition) is 4. The van der Waals surface area contributed by atoms with Crippen molar-refractivity contribution >= 4 is 11.8 Å². The molecule has 0 aliphatic carbocycles. The van der Waals surface area contributed by atoms with Crippen LogP contribution in [0.1, 0.15) is 33.4 Å². The van der Waals surface area contributed by atoms with E-state index in [2.05, 4.69) is 17.3 Å². The molecule has 0 bridgehead atoms. The quantitative estimate of drug-likeness (QED) is 0.920. The lowest BCUT2D eigenvalue weighted by molar-refractivity contribution is 0.0105. The number of aryl methyl sites for hydroxylation is 2. The zero-order valence-corrected chi connectivity index (χ0v) is 12.9. The van der Waals surface area contributed by atoms with Crippen LogP contribution in [-0.2, 0) is 18.2 Å². The molecule has 0 saturated carbocycles. The van der Waals surface area contributed by atoms with Crippen LogP contribution in [0.25, 0.3) is 0 Å². The summed E-state index contributed by atoms with van der Waals surface area (Å²) in [6.45, 7) is 9.07. The van der Waals surface area contributed by atoms with Crippen molar-refractivity contribution in [2.24, 2.45) is 7.05 Å². The van der Waals surface area contributed by atoms with Crippen molar-refractivity contribution in [1.29, 1.82) is 0 Å². The molecule has 1 aromatic heterocycles. The zero-order chi connectivity index (χ0) is 14.9. The number of nitrogens with zero attached hydrogens (tertiary/aromatic N) is 3. The summed E-state index contributed by atoms with van der Waals surface area (Å²) in [5.41, 5.74) is 1.68. The largest absolute Gasteiger partial charge is 0.444 e. The first-order chi connectivity index (χ1) is 9.28. The molecule has 1 aromatic rings. The number of anilines is 1. The summed E-state index contributed by atoms with van der Waals surface area (Å²) in [4.78, 5) is 13.5. The number of amides is 1. The summed E-state index contributed by atoms with van der Waals surface area (Å²) in [7, 11) is 1.91. The number of likely N-dealkylation sites (tertiary alicyclic amines) is 1. The Kier molecular flexibility index (Phi) is 3.92. The Labute approximate surface area is 120 Å². The summed E-state index contributed by atoms with van der Waals surface area (Å²) >= 11 is 0. The highest BCUT2D eigenvalue weighted by atomic mass is 16.6. The third-order valence-electron chi connectivity index (χ3n) is 3.13. The molecule has 6 heteroatoms. The van der Waals surface area contributed by atoms with E-state index in [9.17, 15) is 4.79 Å². The monoisotopic (exact) mass is 280 g/mol. The Hall–Kier alpha value is -1.72. The lowest BCUT2D eigenvalue weighted by Crippen LogP contribution is -2.57. The minimum absolute atomic E-state index is 0.238. The molecular formula is C14H24N4O2. The van der Waals surface area contributed by atoms with E-state index in [1.54, 1.807) is 4.90 Å². The van der Waals surface area contributed by atoms with Crippen molar-refractivity contribution in [1.82, 2.24) is 14.7 Å². The van der Waals surface area contributed by atoms with Crippen molar-refractivity contribution in [3.63, 3.8) is 0 Å². The van der Waals surface area contributed by atoms with Gasteiger partial charge in [0.1, 0.15) is 5.60 Å². The Morgan fingerprint density at radius 3 is 2.70 bits per heavy atom. The van der Waals surface area contributed by atoms with E-state index < -0.39 is 5.60 Å². The third-order valence-corrected chi connectivity index (χ3v) is 3.13. The maximum atomic E-state index is 11.8. The fourth-order valence-corrected chi connectivity index (χ4v) is 2.18. The van der Waals surface area contributed by atoms with E-state index >= 15 is 0 Å². The van der Waals surface area contributed by atoms with Crippen molar-refractivity contribution in [3.05, 3.63) is 11.9 Å². The van der Waals surface area contributed by atoms with E-state index in [4.69, 9.17) is 4.74 Å². The third kappa shape index (κ3) is 3.43. The minimum atomic E-state index is -0.436. The van der Waals surface area contributed by atoms with Crippen molar-refractivity contribution < 1.29 is 9.53 Å². The molecular weight excluding hydrogens is 256 g/mol. The maximum absolute atomic E-state index is 11.8. The topological polar surface area (TPSA) is 59.4 Å². The van der Waals surface area contributed by atoms with Gasteiger partial charge in [0.25, 0.3) is 0 Å². The molecule has 1 aliphatic rings. The van der Waals surface area contributed by atoms with Crippen molar-refractivity contribution in [2.75, 3.05) is 18.4 Å². The van der Waals surface area contributed by atoms with Gasteiger partial charge in [-0.25, -0.2) is 4.79 Å². The van der Waals surface area contributed by atoms with Crippen molar-refractivity contribution in [2.45, 2.75) is 45.8 Å². The number of carbonyl (C=O) groups excluding carboxylic acids is 1. The van der Waals surface area contributed by atoms with Gasteiger partial charge in [0.05, 0.1) is 17.4 Å². The zero-order valence-electron chi connectivity index (χ0n) is 12.9. The van der Waals surface area contributed by atoms with E-state index in [1.165, 1.54) is 0 Å². The molecule has 0 atom stereocenters. The Balaban J connectivity index is 1.83. The van der Waals surface area contributed by atoms with Crippen molar-refractivity contribution in [3.8, 4) is 0 Å². The molecule has 0 unspecified atom stereocenters. The summed E-state index contributed by atoms with van der Waals surface area (Å²) in [5.74, 6) is 0. The van der Waals surface area contributed by atoms with Crippen LogP contribution in [0.5, 0.6) is 0 Å². The summed E-state index contributed by atoms with van der Waals surface area (Å²) < 4.78 is 7.14. The number of ether oxygens (including phenoxy) is 1. The van der Waals surface area contributed by atoms with Gasteiger partial charge in [0.15, 0.2) is 0 Å². The highest BCUT2D eigenvalue weighted by Gasteiger charge is 2.34. The number of rotatable bonds is 3. The second kappa shape index (κ2) is 5.34. The van der Waals surface area contributed by atoms with Gasteiger partial charge in [-0.2, -0.15) is 5.10 Å². The van der Waals surface area contributed by atoms with Gasteiger partial charge in [0.2, 0.25) is 0 Å². The molecule has 0 aromatic carbocycles. The summed E-state index contributed by atoms with van der Waals surface area (Å²) in [6.07, 6.45) is 2.64. The molecule has 112 valence electrons. The van der Waals surface area contributed by atoms with E-state index in [1.807, 2.05) is 38.7 Å².